The van der Waals surface area contributed by atoms with Crippen LogP contribution in [-0.2, 0) is 13.0 Å². The number of nitrogens with zero attached hydrogens (tertiary/aromatic N) is 2. The number of hydrogen-bond acceptors (Lipinski definition) is 2. The molecule has 0 spiro atoms. The lowest BCUT2D eigenvalue weighted by Crippen LogP contribution is -2.00. The molecule has 1 heterocycles. The van der Waals surface area contributed by atoms with Gasteiger partial charge in [-0.1, -0.05) is 38.3 Å². The Bertz CT molecular complexity index is 347. The largest absolute Gasteiger partial charge is 0.298 e. The highest BCUT2D eigenvalue weighted by molar-refractivity contribution is 6.32. The summed E-state index contributed by atoms with van der Waals surface area (Å²) in [6, 6.07) is 0. The highest BCUT2D eigenvalue weighted by Crippen LogP contribution is 2.20. The molecule has 3 nitrogen and oxygen atoms in total. The van der Waals surface area contributed by atoms with Gasteiger partial charge in [-0.3, -0.25) is 9.48 Å². The molecule has 0 fully saturated rings. The molecule has 0 aliphatic heterocycles. The van der Waals surface area contributed by atoms with Gasteiger partial charge in [-0.25, -0.2) is 0 Å². The monoisotopic (exact) mass is 242 g/mol. The maximum Gasteiger partial charge on any atom is 0.155 e. The fourth-order valence-corrected chi connectivity index (χ4v) is 1.88. The van der Waals surface area contributed by atoms with Crippen LogP contribution in [0.5, 0.6) is 0 Å². The van der Waals surface area contributed by atoms with Crippen LogP contribution in [0, 0.1) is 0 Å². The van der Waals surface area contributed by atoms with E-state index >= 15 is 0 Å². The molecule has 1 rings (SSSR count). The third-order valence-corrected chi connectivity index (χ3v) is 3.01. The van der Waals surface area contributed by atoms with Crippen molar-refractivity contribution < 1.29 is 4.79 Å². The van der Waals surface area contributed by atoms with E-state index < -0.39 is 0 Å². The SMILES string of the molecule is CCCCc1nn(CCCC)c(Cl)c1C=O. The highest BCUT2D eigenvalue weighted by Gasteiger charge is 2.14. The minimum atomic E-state index is 0.495. The molecular weight excluding hydrogens is 224 g/mol. The van der Waals surface area contributed by atoms with Gasteiger partial charge in [0.05, 0.1) is 11.3 Å². The summed E-state index contributed by atoms with van der Waals surface area (Å²) in [6.07, 6.45) is 5.93. The molecule has 0 amide bonds. The summed E-state index contributed by atoms with van der Waals surface area (Å²) in [6.45, 7) is 5.04. The first-order chi connectivity index (χ1) is 7.74. The summed E-state index contributed by atoms with van der Waals surface area (Å²) in [5, 5.41) is 4.90. The Labute approximate surface area is 102 Å². The molecule has 0 saturated heterocycles. The lowest BCUT2D eigenvalue weighted by atomic mass is 10.1. The first-order valence-electron chi connectivity index (χ1n) is 5.94. The van der Waals surface area contributed by atoms with Gasteiger partial charge in [-0.15, -0.1) is 0 Å². The fraction of sp³-hybridized carbons (Fsp3) is 0.667. The van der Waals surface area contributed by atoms with Gasteiger partial charge in [0.15, 0.2) is 6.29 Å². The number of carbonyl (C=O) groups is 1. The predicted molar refractivity (Wildman–Crippen MR) is 66.1 cm³/mol. The Morgan fingerprint density at radius 1 is 1.31 bits per heavy atom. The molecule has 0 atom stereocenters. The molecule has 1 aromatic heterocycles. The number of halogens is 1. The van der Waals surface area contributed by atoms with Crippen LogP contribution in [0.15, 0.2) is 0 Å². The fourth-order valence-electron chi connectivity index (χ4n) is 1.60. The maximum atomic E-state index is 11.0. The van der Waals surface area contributed by atoms with E-state index in [0.717, 1.165) is 50.6 Å². The van der Waals surface area contributed by atoms with E-state index in [0.29, 0.717) is 10.7 Å². The Balaban J connectivity index is 2.86. The number of carbonyl (C=O) groups excluding carboxylic acids is 1. The molecule has 0 radical (unpaired) electrons. The van der Waals surface area contributed by atoms with E-state index in [2.05, 4.69) is 18.9 Å². The van der Waals surface area contributed by atoms with Gasteiger partial charge >= 0.3 is 0 Å². The van der Waals surface area contributed by atoms with Gasteiger partial charge in [-0.2, -0.15) is 5.10 Å². The second kappa shape index (κ2) is 6.69. The highest BCUT2D eigenvalue weighted by atomic mass is 35.5. The summed E-state index contributed by atoms with van der Waals surface area (Å²) in [7, 11) is 0. The molecule has 0 aliphatic rings. The predicted octanol–water partition coefficient (Wildman–Crippen LogP) is 3.49. The van der Waals surface area contributed by atoms with Crippen molar-refractivity contribution in [1.29, 1.82) is 0 Å². The summed E-state index contributed by atoms with van der Waals surface area (Å²) < 4.78 is 1.75. The number of aldehydes is 1. The molecule has 4 heteroatoms. The van der Waals surface area contributed by atoms with Gasteiger partial charge in [0.1, 0.15) is 5.15 Å². The third kappa shape index (κ3) is 3.08. The average Bonchev–Trinajstić information content (AvgIpc) is 2.60. The van der Waals surface area contributed by atoms with E-state index in [4.69, 9.17) is 11.6 Å². The van der Waals surface area contributed by atoms with Crippen molar-refractivity contribution in [2.24, 2.45) is 0 Å². The zero-order chi connectivity index (χ0) is 12.0. The minimum absolute atomic E-state index is 0.495. The standard InChI is InChI=1S/C12H19ClN2O/c1-3-5-7-11-10(9-16)12(13)15(14-11)8-6-4-2/h9H,3-8H2,1-2H3. The van der Waals surface area contributed by atoms with Crippen LogP contribution in [0.2, 0.25) is 5.15 Å². The average molecular weight is 243 g/mol. The molecule has 0 unspecified atom stereocenters. The quantitative estimate of drug-likeness (QED) is 0.686. The molecule has 0 N–H and O–H groups in total. The number of hydrogen-bond donors (Lipinski definition) is 0. The van der Waals surface area contributed by atoms with Crippen molar-refractivity contribution in [1.82, 2.24) is 9.78 Å². The molecule has 90 valence electrons. The topological polar surface area (TPSA) is 34.9 Å². The van der Waals surface area contributed by atoms with Crippen molar-refractivity contribution in [2.75, 3.05) is 0 Å². The van der Waals surface area contributed by atoms with Crippen LogP contribution in [0.3, 0.4) is 0 Å². The number of rotatable bonds is 7. The minimum Gasteiger partial charge on any atom is -0.298 e. The Morgan fingerprint density at radius 2 is 2.00 bits per heavy atom. The van der Waals surface area contributed by atoms with Gasteiger partial charge in [-0.05, 0) is 19.3 Å². The van der Waals surface area contributed by atoms with E-state index in [9.17, 15) is 4.79 Å². The Kier molecular flexibility index (Phi) is 5.53. The van der Waals surface area contributed by atoms with Gasteiger partial charge < -0.3 is 0 Å². The molecule has 0 saturated carbocycles. The smallest absolute Gasteiger partial charge is 0.155 e. The molecule has 0 aliphatic carbocycles. The van der Waals surface area contributed by atoms with Gasteiger partial charge in [0.2, 0.25) is 0 Å². The van der Waals surface area contributed by atoms with Crippen molar-refractivity contribution in [3.63, 3.8) is 0 Å². The Morgan fingerprint density at radius 3 is 2.56 bits per heavy atom. The van der Waals surface area contributed by atoms with Crippen molar-refractivity contribution in [3.05, 3.63) is 16.4 Å². The summed E-state index contributed by atoms with van der Waals surface area (Å²) in [5.74, 6) is 0. The van der Waals surface area contributed by atoms with Crippen LogP contribution in [0.4, 0.5) is 0 Å². The van der Waals surface area contributed by atoms with Gasteiger partial charge in [0.25, 0.3) is 0 Å². The molecular formula is C12H19ClN2O. The van der Waals surface area contributed by atoms with Crippen molar-refractivity contribution >= 4 is 17.9 Å². The van der Waals surface area contributed by atoms with Crippen LogP contribution < -0.4 is 0 Å². The van der Waals surface area contributed by atoms with E-state index in [1.165, 1.54) is 0 Å². The second-order valence-electron chi connectivity index (χ2n) is 3.95. The van der Waals surface area contributed by atoms with Crippen LogP contribution in [0.25, 0.3) is 0 Å². The van der Waals surface area contributed by atoms with Crippen LogP contribution in [0.1, 0.15) is 55.6 Å². The second-order valence-corrected chi connectivity index (χ2v) is 4.31. The van der Waals surface area contributed by atoms with Crippen molar-refractivity contribution in [3.8, 4) is 0 Å². The zero-order valence-corrected chi connectivity index (χ0v) is 10.8. The summed E-state index contributed by atoms with van der Waals surface area (Å²) in [4.78, 5) is 11.0. The van der Waals surface area contributed by atoms with E-state index in [1.54, 1.807) is 4.68 Å². The molecule has 16 heavy (non-hydrogen) atoms. The first kappa shape index (κ1) is 13.2. The molecule has 1 aromatic rings. The first-order valence-corrected chi connectivity index (χ1v) is 6.32. The van der Waals surface area contributed by atoms with E-state index in [-0.39, 0.29) is 0 Å². The van der Waals surface area contributed by atoms with Crippen LogP contribution >= 0.6 is 11.6 Å². The normalized spacial score (nSPS) is 10.7. The third-order valence-electron chi connectivity index (χ3n) is 2.61. The lowest BCUT2D eigenvalue weighted by Gasteiger charge is -2.00. The number of aryl methyl sites for hydroxylation is 2. The van der Waals surface area contributed by atoms with Crippen LogP contribution in [-0.4, -0.2) is 16.1 Å². The molecule has 0 aromatic carbocycles. The summed E-state index contributed by atoms with van der Waals surface area (Å²) >= 11 is 6.11. The molecule has 0 bridgehead atoms. The Hall–Kier alpha value is -0.830. The zero-order valence-electron chi connectivity index (χ0n) is 10.0. The van der Waals surface area contributed by atoms with E-state index in [1.807, 2.05) is 0 Å². The maximum absolute atomic E-state index is 11.0. The summed E-state index contributed by atoms with van der Waals surface area (Å²) in [5.41, 5.74) is 1.42. The van der Waals surface area contributed by atoms with Crippen molar-refractivity contribution in [2.45, 2.75) is 52.5 Å². The number of unbranched alkanes of at least 4 members (excludes halogenated alkanes) is 2. The van der Waals surface area contributed by atoms with Gasteiger partial charge in [0, 0.05) is 6.54 Å². The lowest BCUT2D eigenvalue weighted by molar-refractivity contribution is 0.112. The number of aromatic nitrogens is 2.